The average molecular weight is 287 g/mol. The minimum Gasteiger partial charge on any atom is -0.339 e. The van der Waals surface area contributed by atoms with E-state index in [1.165, 1.54) is 0 Å². The lowest BCUT2D eigenvalue weighted by Crippen LogP contribution is -2.39. The van der Waals surface area contributed by atoms with Crippen molar-refractivity contribution in [3.8, 4) is 0 Å². The molecule has 0 saturated carbocycles. The standard InChI is InChI=1S/C12H21N3O3S/c1-3-4-9-19(16,17)15-7-5-11(6-8-15)12-13-10(2)14-18-12/h11H,3-9H2,1-2H3. The molecule has 0 bridgehead atoms. The van der Waals surface area contributed by atoms with E-state index in [0.717, 1.165) is 25.7 Å². The maximum absolute atomic E-state index is 12.1. The van der Waals surface area contributed by atoms with Crippen LogP contribution in [0.1, 0.15) is 50.2 Å². The van der Waals surface area contributed by atoms with E-state index in [2.05, 4.69) is 10.1 Å². The van der Waals surface area contributed by atoms with Crippen molar-refractivity contribution in [1.82, 2.24) is 14.4 Å². The molecular formula is C12H21N3O3S. The van der Waals surface area contributed by atoms with Gasteiger partial charge in [0, 0.05) is 19.0 Å². The minimum absolute atomic E-state index is 0.193. The molecule has 19 heavy (non-hydrogen) atoms. The Balaban J connectivity index is 1.92. The smallest absolute Gasteiger partial charge is 0.229 e. The molecule has 1 aromatic rings. The van der Waals surface area contributed by atoms with E-state index in [1.807, 2.05) is 6.92 Å². The highest BCUT2D eigenvalue weighted by molar-refractivity contribution is 7.89. The summed E-state index contributed by atoms with van der Waals surface area (Å²) in [4.78, 5) is 4.23. The Morgan fingerprint density at radius 3 is 2.58 bits per heavy atom. The fraction of sp³-hybridized carbons (Fsp3) is 0.833. The number of nitrogens with zero attached hydrogens (tertiary/aromatic N) is 3. The summed E-state index contributed by atoms with van der Waals surface area (Å²) >= 11 is 0. The molecule has 0 unspecified atom stereocenters. The Hall–Kier alpha value is -0.950. The monoisotopic (exact) mass is 287 g/mol. The highest BCUT2D eigenvalue weighted by Gasteiger charge is 2.30. The molecule has 0 radical (unpaired) electrons. The normalized spacial score (nSPS) is 18.8. The molecule has 0 aliphatic carbocycles. The number of rotatable bonds is 5. The molecule has 6 nitrogen and oxygen atoms in total. The molecule has 0 aromatic carbocycles. The lowest BCUT2D eigenvalue weighted by Gasteiger charge is -2.29. The molecule has 2 rings (SSSR count). The van der Waals surface area contributed by atoms with Crippen molar-refractivity contribution in [3.63, 3.8) is 0 Å². The first kappa shape index (κ1) is 14.5. The Morgan fingerprint density at radius 1 is 1.37 bits per heavy atom. The zero-order valence-electron chi connectivity index (χ0n) is 11.5. The third-order valence-corrected chi connectivity index (χ3v) is 5.45. The number of piperidine rings is 1. The van der Waals surface area contributed by atoms with Crippen LogP contribution >= 0.6 is 0 Å². The summed E-state index contributed by atoms with van der Waals surface area (Å²) in [6.45, 7) is 4.90. The maximum atomic E-state index is 12.1. The van der Waals surface area contributed by atoms with E-state index < -0.39 is 10.0 Å². The predicted octanol–water partition coefficient (Wildman–Crippen LogP) is 1.69. The van der Waals surface area contributed by atoms with Gasteiger partial charge in [0.05, 0.1) is 5.75 Å². The quantitative estimate of drug-likeness (QED) is 0.823. The summed E-state index contributed by atoms with van der Waals surface area (Å²) in [6.07, 6.45) is 3.14. The zero-order chi connectivity index (χ0) is 13.9. The summed E-state index contributed by atoms with van der Waals surface area (Å²) in [6, 6.07) is 0. The lowest BCUT2D eigenvalue weighted by molar-refractivity contribution is 0.270. The molecular weight excluding hydrogens is 266 g/mol. The molecule has 0 spiro atoms. The number of aromatic nitrogens is 2. The van der Waals surface area contributed by atoms with Crippen molar-refractivity contribution in [3.05, 3.63) is 11.7 Å². The first-order valence-corrected chi connectivity index (χ1v) is 8.42. The second-order valence-electron chi connectivity index (χ2n) is 5.02. The van der Waals surface area contributed by atoms with Gasteiger partial charge in [-0.15, -0.1) is 0 Å². The van der Waals surface area contributed by atoms with E-state index in [-0.39, 0.29) is 11.7 Å². The molecule has 0 N–H and O–H groups in total. The van der Waals surface area contributed by atoms with Gasteiger partial charge in [0.2, 0.25) is 15.9 Å². The molecule has 7 heteroatoms. The second kappa shape index (κ2) is 6.00. The largest absolute Gasteiger partial charge is 0.339 e. The fourth-order valence-electron chi connectivity index (χ4n) is 2.32. The van der Waals surface area contributed by atoms with Gasteiger partial charge >= 0.3 is 0 Å². The van der Waals surface area contributed by atoms with Crippen LogP contribution in [0.15, 0.2) is 4.52 Å². The van der Waals surface area contributed by atoms with Crippen LogP contribution in [-0.4, -0.2) is 41.7 Å². The SMILES string of the molecule is CCCCS(=O)(=O)N1CCC(c2nc(C)no2)CC1. The van der Waals surface area contributed by atoms with Crippen molar-refractivity contribution < 1.29 is 12.9 Å². The van der Waals surface area contributed by atoms with Crippen LogP contribution < -0.4 is 0 Å². The van der Waals surface area contributed by atoms with Crippen molar-refractivity contribution >= 4 is 10.0 Å². The summed E-state index contributed by atoms with van der Waals surface area (Å²) in [5, 5.41) is 3.78. The molecule has 2 heterocycles. The van der Waals surface area contributed by atoms with Gasteiger partial charge in [-0.2, -0.15) is 4.98 Å². The van der Waals surface area contributed by atoms with Gasteiger partial charge in [-0.05, 0) is 26.2 Å². The molecule has 1 aliphatic heterocycles. The van der Waals surface area contributed by atoms with Gasteiger partial charge in [-0.3, -0.25) is 0 Å². The average Bonchev–Trinajstić information content (AvgIpc) is 2.83. The second-order valence-corrected chi connectivity index (χ2v) is 7.11. The Bertz CT molecular complexity index is 504. The van der Waals surface area contributed by atoms with Crippen LogP contribution in [0.25, 0.3) is 0 Å². The molecule has 1 aliphatic rings. The number of unbranched alkanes of at least 4 members (excludes halogenated alkanes) is 1. The molecule has 0 atom stereocenters. The Morgan fingerprint density at radius 2 is 2.05 bits per heavy atom. The fourth-order valence-corrected chi connectivity index (χ4v) is 3.99. The molecule has 1 fully saturated rings. The van der Waals surface area contributed by atoms with Gasteiger partial charge in [-0.25, -0.2) is 12.7 Å². The van der Waals surface area contributed by atoms with Gasteiger partial charge in [-0.1, -0.05) is 18.5 Å². The van der Waals surface area contributed by atoms with Crippen LogP contribution in [0, 0.1) is 6.92 Å². The highest BCUT2D eigenvalue weighted by atomic mass is 32.2. The van der Waals surface area contributed by atoms with Gasteiger partial charge in [0.25, 0.3) is 0 Å². The number of aryl methyl sites for hydroxylation is 1. The Labute approximate surface area is 114 Å². The third-order valence-electron chi connectivity index (χ3n) is 3.50. The van der Waals surface area contributed by atoms with Crippen molar-refractivity contribution in [2.45, 2.75) is 45.4 Å². The van der Waals surface area contributed by atoms with Crippen LogP contribution in [0.2, 0.25) is 0 Å². The molecule has 108 valence electrons. The van der Waals surface area contributed by atoms with Crippen molar-refractivity contribution in [2.75, 3.05) is 18.8 Å². The number of hydrogen-bond donors (Lipinski definition) is 0. The highest BCUT2D eigenvalue weighted by Crippen LogP contribution is 2.28. The van der Waals surface area contributed by atoms with E-state index in [9.17, 15) is 8.42 Å². The molecule has 1 saturated heterocycles. The van der Waals surface area contributed by atoms with Crippen LogP contribution in [0.3, 0.4) is 0 Å². The van der Waals surface area contributed by atoms with Crippen LogP contribution in [0.4, 0.5) is 0 Å². The van der Waals surface area contributed by atoms with Crippen LogP contribution in [0.5, 0.6) is 0 Å². The van der Waals surface area contributed by atoms with Crippen LogP contribution in [-0.2, 0) is 10.0 Å². The van der Waals surface area contributed by atoms with E-state index >= 15 is 0 Å². The molecule has 1 aromatic heterocycles. The van der Waals surface area contributed by atoms with Crippen molar-refractivity contribution in [1.29, 1.82) is 0 Å². The predicted molar refractivity (Wildman–Crippen MR) is 71.3 cm³/mol. The summed E-state index contributed by atoms with van der Waals surface area (Å²) < 4.78 is 30.9. The first-order chi connectivity index (χ1) is 9.03. The minimum atomic E-state index is -3.08. The zero-order valence-corrected chi connectivity index (χ0v) is 12.3. The first-order valence-electron chi connectivity index (χ1n) is 6.81. The van der Waals surface area contributed by atoms with Gasteiger partial charge in [0.15, 0.2) is 5.82 Å². The summed E-state index contributed by atoms with van der Waals surface area (Å²) in [5.41, 5.74) is 0. The Kier molecular flexibility index (Phi) is 4.57. The number of hydrogen-bond acceptors (Lipinski definition) is 5. The third kappa shape index (κ3) is 3.54. The number of sulfonamides is 1. The summed E-state index contributed by atoms with van der Waals surface area (Å²) in [5.74, 6) is 1.73. The molecule has 0 amide bonds. The maximum Gasteiger partial charge on any atom is 0.229 e. The van der Waals surface area contributed by atoms with Gasteiger partial charge in [0.1, 0.15) is 0 Å². The van der Waals surface area contributed by atoms with E-state index in [0.29, 0.717) is 24.8 Å². The lowest BCUT2D eigenvalue weighted by atomic mass is 9.98. The topological polar surface area (TPSA) is 76.3 Å². The van der Waals surface area contributed by atoms with E-state index in [4.69, 9.17) is 4.52 Å². The van der Waals surface area contributed by atoms with Gasteiger partial charge < -0.3 is 4.52 Å². The summed E-state index contributed by atoms with van der Waals surface area (Å²) in [7, 11) is -3.08. The van der Waals surface area contributed by atoms with Crippen molar-refractivity contribution in [2.24, 2.45) is 0 Å². The van der Waals surface area contributed by atoms with E-state index in [1.54, 1.807) is 11.2 Å².